The largest absolute Gasteiger partial charge is 0.573 e. The van der Waals surface area contributed by atoms with Crippen LogP contribution in [0.4, 0.5) is 13.2 Å². The first-order chi connectivity index (χ1) is 8.85. The third-order valence-electron chi connectivity index (χ3n) is 2.23. The van der Waals surface area contributed by atoms with Gasteiger partial charge in [0.15, 0.2) is 0 Å². The van der Waals surface area contributed by atoms with E-state index in [0.717, 1.165) is 18.3 Å². The van der Waals surface area contributed by atoms with Crippen LogP contribution >= 0.6 is 11.6 Å². The number of pyridine rings is 1. The Morgan fingerprint density at radius 1 is 1.21 bits per heavy atom. The zero-order valence-corrected chi connectivity index (χ0v) is 10.0. The highest BCUT2D eigenvalue weighted by atomic mass is 35.5. The average molecular weight is 290 g/mol. The van der Waals surface area contributed by atoms with E-state index in [1.54, 1.807) is 0 Å². The summed E-state index contributed by atoms with van der Waals surface area (Å²) in [5.74, 6) is -0.564. The number of alkyl halides is 3. The van der Waals surface area contributed by atoms with Gasteiger partial charge in [-0.1, -0.05) is 23.7 Å². The number of ether oxygens (including phenoxy) is 1. The number of hydrogen-bond acceptors (Lipinski definition) is 3. The fourth-order valence-electron chi connectivity index (χ4n) is 1.51. The van der Waals surface area contributed by atoms with Crippen LogP contribution in [0.1, 0.15) is 0 Å². The standard InChI is InChI=1S/C12H7ClF3NO2/c13-11-5-9(10(18)6-17-11)7-2-1-3-8(4-7)19-12(14,15)16/h1-6,18H. The van der Waals surface area contributed by atoms with Gasteiger partial charge < -0.3 is 9.84 Å². The maximum absolute atomic E-state index is 12.1. The minimum Gasteiger partial charge on any atom is -0.506 e. The van der Waals surface area contributed by atoms with E-state index in [-0.39, 0.29) is 22.2 Å². The van der Waals surface area contributed by atoms with Gasteiger partial charge in [-0.15, -0.1) is 13.2 Å². The zero-order chi connectivity index (χ0) is 14.0. The molecular formula is C12H7ClF3NO2. The van der Waals surface area contributed by atoms with Gasteiger partial charge in [0, 0.05) is 5.56 Å². The molecule has 0 spiro atoms. The van der Waals surface area contributed by atoms with Crippen molar-refractivity contribution in [3.63, 3.8) is 0 Å². The molecule has 7 heteroatoms. The molecule has 1 aromatic heterocycles. The van der Waals surface area contributed by atoms with Crippen molar-refractivity contribution < 1.29 is 23.0 Å². The SMILES string of the molecule is Oc1cnc(Cl)cc1-c1cccc(OC(F)(F)F)c1. The highest BCUT2D eigenvalue weighted by Crippen LogP contribution is 2.33. The summed E-state index contributed by atoms with van der Waals surface area (Å²) in [4.78, 5) is 3.65. The molecule has 0 aliphatic carbocycles. The lowest BCUT2D eigenvalue weighted by Crippen LogP contribution is -2.17. The highest BCUT2D eigenvalue weighted by Gasteiger charge is 2.31. The van der Waals surface area contributed by atoms with Gasteiger partial charge in [-0.2, -0.15) is 0 Å². The van der Waals surface area contributed by atoms with E-state index in [1.807, 2.05) is 0 Å². The van der Waals surface area contributed by atoms with Crippen LogP contribution in [0.15, 0.2) is 36.5 Å². The lowest BCUT2D eigenvalue weighted by molar-refractivity contribution is -0.274. The van der Waals surface area contributed by atoms with Crippen LogP contribution in [0.2, 0.25) is 5.15 Å². The minimum absolute atomic E-state index is 0.120. The molecule has 1 heterocycles. The molecule has 0 amide bonds. The summed E-state index contributed by atoms with van der Waals surface area (Å²) in [5.41, 5.74) is 0.608. The summed E-state index contributed by atoms with van der Waals surface area (Å²) in [7, 11) is 0. The van der Waals surface area contributed by atoms with Crippen LogP contribution in [0.25, 0.3) is 11.1 Å². The van der Waals surface area contributed by atoms with Gasteiger partial charge in [0.1, 0.15) is 16.7 Å². The number of nitrogens with zero attached hydrogens (tertiary/aromatic N) is 1. The summed E-state index contributed by atoms with van der Waals surface area (Å²) in [6.07, 6.45) is -3.65. The molecule has 0 saturated carbocycles. The minimum atomic E-state index is -4.77. The number of halogens is 4. The third kappa shape index (κ3) is 3.51. The van der Waals surface area contributed by atoms with E-state index in [2.05, 4.69) is 9.72 Å². The molecule has 0 unspecified atom stereocenters. The van der Waals surface area contributed by atoms with Gasteiger partial charge in [0.05, 0.1) is 6.20 Å². The van der Waals surface area contributed by atoms with Crippen molar-refractivity contribution in [3.05, 3.63) is 41.7 Å². The molecule has 0 saturated heterocycles. The smallest absolute Gasteiger partial charge is 0.506 e. The zero-order valence-electron chi connectivity index (χ0n) is 9.28. The number of aromatic hydroxyl groups is 1. The molecule has 19 heavy (non-hydrogen) atoms. The summed E-state index contributed by atoms with van der Waals surface area (Å²) in [5, 5.41) is 9.75. The van der Waals surface area contributed by atoms with Crippen LogP contribution in [-0.4, -0.2) is 16.5 Å². The van der Waals surface area contributed by atoms with Gasteiger partial charge in [-0.05, 0) is 23.8 Å². The second-order valence-corrected chi connectivity index (χ2v) is 3.99. The Kier molecular flexibility index (Phi) is 3.53. The number of aromatic nitrogens is 1. The van der Waals surface area contributed by atoms with E-state index in [0.29, 0.717) is 5.56 Å². The number of rotatable bonds is 2. The monoisotopic (exact) mass is 289 g/mol. The van der Waals surface area contributed by atoms with Gasteiger partial charge in [0.25, 0.3) is 0 Å². The molecule has 0 fully saturated rings. The Balaban J connectivity index is 2.40. The van der Waals surface area contributed by atoms with Crippen molar-refractivity contribution in [1.82, 2.24) is 4.98 Å². The van der Waals surface area contributed by atoms with E-state index in [1.165, 1.54) is 18.2 Å². The Hall–Kier alpha value is -1.95. The molecule has 0 radical (unpaired) electrons. The van der Waals surface area contributed by atoms with Crippen molar-refractivity contribution in [3.8, 4) is 22.6 Å². The van der Waals surface area contributed by atoms with Crippen molar-refractivity contribution in [2.75, 3.05) is 0 Å². The first-order valence-electron chi connectivity index (χ1n) is 5.06. The molecule has 100 valence electrons. The summed E-state index contributed by atoms with van der Waals surface area (Å²) in [6.45, 7) is 0. The van der Waals surface area contributed by atoms with Crippen LogP contribution in [0.5, 0.6) is 11.5 Å². The first kappa shape index (κ1) is 13.5. The van der Waals surface area contributed by atoms with Gasteiger partial charge in [-0.3, -0.25) is 0 Å². The lowest BCUT2D eigenvalue weighted by Gasteiger charge is -2.10. The fraction of sp³-hybridized carbons (Fsp3) is 0.0833. The quantitative estimate of drug-likeness (QED) is 0.850. The van der Waals surface area contributed by atoms with Crippen LogP contribution in [0.3, 0.4) is 0 Å². The molecule has 0 bridgehead atoms. The Morgan fingerprint density at radius 3 is 2.63 bits per heavy atom. The topological polar surface area (TPSA) is 42.4 Å². The Morgan fingerprint density at radius 2 is 1.95 bits per heavy atom. The maximum Gasteiger partial charge on any atom is 0.573 e. The molecule has 0 aliphatic rings. The fourth-order valence-corrected chi connectivity index (χ4v) is 1.67. The number of benzene rings is 1. The Labute approximate surface area is 111 Å². The molecule has 2 rings (SSSR count). The first-order valence-corrected chi connectivity index (χ1v) is 5.43. The Bertz CT molecular complexity index is 602. The third-order valence-corrected chi connectivity index (χ3v) is 2.43. The van der Waals surface area contributed by atoms with Gasteiger partial charge in [-0.25, -0.2) is 4.98 Å². The van der Waals surface area contributed by atoms with Crippen LogP contribution in [0, 0.1) is 0 Å². The highest BCUT2D eigenvalue weighted by molar-refractivity contribution is 6.29. The summed E-state index contributed by atoms with van der Waals surface area (Å²) >= 11 is 5.68. The van der Waals surface area contributed by atoms with Crippen LogP contribution < -0.4 is 4.74 Å². The van der Waals surface area contributed by atoms with Crippen molar-refractivity contribution in [2.24, 2.45) is 0 Å². The van der Waals surface area contributed by atoms with Crippen molar-refractivity contribution in [1.29, 1.82) is 0 Å². The molecular weight excluding hydrogens is 283 g/mol. The van der Waals surface area contributed by atoms with Crippen molar-refractivity contribution >= 4 is 11.6 Å². The molecule has 1 N–H and O–H groups in total. The predicted octanol–water partition coefficient (Wildman–Crippen LogP) is 4.01. The summed E-state index contributed by atoms with van der Waals surface area (Å²) in [6, 6.07) is 6.57. The average Bonchev–Trinajstić information content (AvgIpc) is 2.30. The van der Waals surface area contributed by atoms with Gasteiger partial charge in [0.2, 0.25) is 0 Å². The second-order valence-electron chi connectivity index (χ2n) is 3.60. The van der Waals surface area contributed by atoms with E-state index < -0.39 is 6.36 Å². The summed E-state index contributed by atoms with van der Waals surface area (Å²) < 4.78 is 40.2. The van der Waals surface area contributed by atoms with E-state index in [9.17, 15) is 18.3 Å². The number of hydrogen-bond donors (Lipinski definition) is 1. The van der Waals surface area contributed by atoms with E-state index in [4.69, 9.17) is 11.6 Å². The van der Waals surface area contributed by atoms with E-state index >= 15 is 0 Å². The lowest BCUT2D eigenvalue weighted by atomic mass is 10.1. The maximum atomic E-state index is 12.1. The van der Waals surface area contributed by atoms with Crippen molar-refractivity contribution in [2.45, 2.75) is 6.36 Å². The second kappa shape index (κ2) is 4.97. The molecule has 3 nitrogen and oxygen atoms in total. The van der Waals surface area contributed by atoms with Crippen LogP contribution in [-0.2, 0) is 0 Å². The van der Waals surface area contributed by atoms with Gasteiger partial charge >= 0.3 is 6.36 Å². The molecule has 0 aliphatic heterocycles. The molecule has 1 aromatic carbocycles. The normalized spacial score (nSPS) is 11.4. The molecule has 2 aromatic rings. The predicted molar refractivity (Wildman–Crippen MR) is 63.0 cm³/mol. The molecule has 0 atom stereocenters.